The first kappa shape index (κ1) is 10.7. The van der Waals surface area contributed by atoms with Crippen molar-refractivity contribution in [2.75, 3.05) is 0 Å². The molecule has 1 atom stereocenters. The number of hydrogen-bond donors (Lipinski definition) is 1. The predicted octanol–water partition coefficient (Wildman–Crippen LogP) is 2.97. The van der Waals surface area contributed by atoms with E-state index in [9.17, 15) is 0 Å². The largest absolute Gasteiger partial charge is 0.323 e. The number of hydrogen-bond acceptors (Lipinski definition) is 3. The fourth-order valence-corrected chi connectivity index (χ4v) is 2.13. The van der Waals surface area contributed by atoms with E-state index in [1.165, 1.54) is 12.8 Å². The molecule has 13 heavy (non-hydrogen) atoms. The van der Waals surface area contributed by atoms with Gasteiger partial charge in [-0.1, -0.05) is 26.7 Å². The molecule has 0 spiro atoms. The Morgan fingerprint density at radius 1 is 1.46 bits per heavy atom. The average Bonchev–Trinajstić information content (AvgIpc) is 2.66. The summed E-state index contributed by atoms with van der Waals surface area (Å²) in [5, 5.41) is 2.05. The zero-order valence-corrected chi connectivity index (χ0v) is 9.18. The van der Waals surface area contributed by atoms with E-state index in [1.54, 1.807) is 11.3 Å². The molecule has 2 nitrogen and oxygen atoms in total. The van der Waals surface area contributed by atoms with Crippen LogP contribution in [0.15, 0.2) is 10.9 Å². The highest BCUT2D eigenvalue weighted by atomic mass is 32.1. The van der Waals surface area contributed by atoms with Crippen LogP contribution in [-0.4, -0.2) is 4.98 Å². The van der Waals surface area contributed by atoms with Gasteiger partial charge in [0, 0.05) is 11.4 Å². The molecule has 1 aromatic rings. The number of thiazole rings is 1. The van der Waals surface area contributed by atoms with Crippen LogP contribution in [0.5, 0.6) is 0 Å². The molecule has 2 N–H and O–H groups in total. The van der Waals surface area contributed by atoms with Crippen molar-refractivity contribution < 1.29 is 0 Å². The minimum absolute atomic E-state index is 0.135. The fraction of sp³-hybridized carbons (Fsp3) is 0.700. The fourth-order valence-electron chi connectivity index (χ4n) is 1.51. The summed E-state index contributed by atoms with van der Waals surface area (Å²) in [6, 6.07) is 0.135. The monoisotopic (exact) mass is 198 g/mol. The molecule has 1 heterocycles. The van der Waals surface area contributed by atoms with Crippen LogP contribution < -0.4 is 5.73 Å². The van der Waals surface area contributed by atoms with E-state index in [1.807, 2.05) is 10.9 Å². The standard InChI is InChI=1S/C10H18N2S/c1-3-8(4-2)5-9(11)10-6-13-7-12-10/h6-9H,3-5,11H2,1-2H3. The highest BCUT2D eigenvalue weighted by molar-refractivity contribution is 7.07. The number of nitrogens with two attached hydrogens (primary N) is 1. The molecule has 0 aliphatic carbocycles. The zero-order valence-electron chi connectivity index (χ0n) is 8.36. The van der Waals surface area contributed by atoms with Gasteiger partial charge in [-0.05, 0) is 12.3 Å². The van der Waals surface area contributed by atoms with Gasteiger partial charge in [-0.15, -0.1) is 11.3 Å². The van der Waals surface area contributed by atoms with Gasteiger partial charge in [0.15, 0.2) is 0 Å². The van der Waals surface area contributed by atoms with Gasteiger partial charge >= 0.3 is 0 Å². The molecule has 0 aliphatic rings. The normalized spacial score (nSPS) is 13.5. The SMILES string of the molecule is CCC(CC)CC(N)c1cscn1. The summed E-state index contributed by atoms with van der Waals surface area (Å²) >= 11 is 1.62. The van der Waals surface area contributed by atoms with E-state index in [2.05, 4.69) is 18.8 Å². The quantitative estimate of drug-likeness (QED) is 0.790. The minimum Gasteiger partial charge on any atom is -0.323 e. The first-order chi connectivity index (χ1) is 6.27. The molecule has 3 heteroatoms. The zero-order chi connectivity index (χ0) is 9.68. The molecular weight excluding hydrogens is 180 g/mol. The molecule has 74 valence electrons. The Balaban J connectivity index is 2.45. The van der Waals surface area contributed by atoms with Gasteiger partial charge in [0.25, 0.3) is 0 Å². The molecule has 0 fully saturated rings. The third-order valence-corrected chi connectivity index (χ3v) is 3.18. The predicted molar refractivity (Wildman–Crippen MR) is 57.7 cm³/mol. The summed E-state index contributed by atoms with van der Waals surface area (Å²) in [6.45, 7) is 4.45. The van der Waals surface area contributed by atoms with Crippen LogP contribution in [0.4, 0.5) is 0 Å². The smallest absolute Gasteiger partial charge is 0.0795 e. The van der Waals surface area contributed by atoms with Crippen molar-refractivity contribution >= 4 is 11.3 Å². The van der Waals surface area contributed by atoms with E-state index in [4.69, 9.17) is 5.73 Å². The third-order valence-electron chi connectivity index (χ3n) is 2.57. The average molecular weight is 198 g/mol. The van der Waals surface area contributed by atoms with Crippen LogP contribution in [0, 0.1) is 5.92 Å². The molecule has 0 aliphatic heterocycles. The first-order valence-corrected chi connectivity index (χ1v) is 5.85. The summed E-state index contributed by atoms with van der Waals surface area (Å²) in [4.78, 5) is 4.23. The maximum Gasteiger partial charge on any atom is 0.0795 e. The lowest BCUT2D eigenvalue weighted by atomic mass is 9.94. The second-order valence-electron chi connectivity index (χ2n) is 3.44. The number of aromatic nitrogens is 1. The van der Waals surface area contributed by atoms with Crippen molar-refractivity contribution in [3.8, 4) is 0 Å². The third kappa shape index (κ3) is 3.08. The van der Waals surface area contributed by atoms with Crippen molar-refractivity contribution in [3.63, 3.8) is 0 Å². The van der Waals surface area contributed by atoms with Gasteiger partial charge in [0.05, 0.1) is 11.2 Å². The van der Waals surface area contributed by atoms with Gasteiger partial charge < -0.3 is 5.73 Å². The van der Waals surface area contributed by atoms with Crippen LogP contribution in [0.2, 0.25) is 0 Å². The molecule has 0 amide bonds. The van der Waals surface area contributed by atoms with Crippen molar-refractivity contribution in [2.24, 2.45) is 11.7 Å². The van der Waals surface area contributed by atoms with Crippen molar-refractivity contribution in [2.45, 2.75) is 39.2 Å². The van der Waals surface area contributed by atoms with Gasteiger partial charge in [0.2, 0.25) is 0 Å². The highest BCUT2D eigenvalue weighted by Crippen LogP contribution is 2.22. The molecule has 0 saturated carbocycles. The van der Waals surface area contributed by atoms with Crippen LogP contribution in [0.3, 0.4) is 0 Å². The first-order valence-electron chi connectivity index (χ1n) is 4.91. The molecule has 0 bridgehead atoms. The van der Waals surface area contributed by atoms with Crippen LogP contribution in [0.1, 0.15) is 44.8 Å². The van der Waals surface area contributed by atoms with Crippen LogP contribution in [0.25, 0.3) is 0 Å². The van der Waals surface area contributed by atoms with E-state index in [0.717, 1.165) is 18.0 Å². The van der Waals surface area contributed by atoms with Gasteiger partial charge in [-0.3, -0.25) is 0 Å². The van der Waals surface area contributed by atoms with Gasteiger partial charge in [-0.25, -0.2) is 4.98 Å². The van der Waals surface area contributed by atoms with Gasteiger partial charge in [0.1, 0.15) is 0 Å². The van der Waals surface area contributed by atoms with E-state index >= 15 is 0 Å². The number of rotatable bonds is 5. The Bertz CT molecular complexity index is 217. The maximum absolute atomic E-state index is 6.04. The summed E-state index contributed by atoms with van der Waals surface area (Å²) in [6.07, 6.45) is 3.50. The van der Waals surface area contributed by atoms with Gasteiger partial charge in [-0.2, -0.15) is 0 Å². The van der Waals surface area contributed by atoms with E-state index < -0.39 is 0 Å². The topological polar surface area (TPSA) is 38.9 Å². The summed E-state index contributed by atoms with van der Waals surface area (Å²) in [5.41, 5.74) is 8.94. The van der Waals surface area contributed by atoms with Crippen molar-refractivity contribution in [3.05, 3.63) is 16.6 Å². The lowest BCUT2D eigenvalue weighted by Gasteiger charge is -2.16. The lowest BCUT2D eigenvalue weighted by Crippen LogP contribution is -2.15. The Hall–Kier alpha value is -0.410. The number of nitrogens with zero attached hydrogens (tertiary/aromatic N) is 1. The van der Waals surface area contributed by atoms with E-state index in [0.29, 0.717) is 0 Å². The highest BCUT2D eigenvalue weighted by Gasteiger charge is 2.13. The molecule has 0 saturated heterocycles. The molecule has 1 unspecified atom stereocenters. The minimum atomic E-state index is 0.135. The lowest BCUT2D eigenvalue weighted by molar-refractivity contribution is 0.411. The summed E-state index contributed by atoms with van der Waals surface area (Å²) < 4.78 is 0. The second kappa shape index (κ2) is 5.35. The molecule has 0 radical (unpaired) electrons. The van der Waals surface area contributed by atoms with Crippen LogP contribution in [-0.2, 0) is 0 Å². The summed E-state index contributed by atoms with van der Waals surface area (Å²) in [5.74, 6) is 0.747. The Kier molecular flexibility index (Phi) is 4.39. The molecular formula is C10H18N2S. The Labute approximate surface area is 84.2 Å². The van der Waals surface area contributed by atoms with Crippen molar-refractivity contribution in [1.82, 2.24) is 4.98 Å². The van der Waals surface area contributed by atoms with Crippen LogP contribution >= 0.6 is 11.3 Å². The summed E-state index contributed by atoms with van der Waals surface area (Å²) in [7, 11) is 0. The van der Waals surface area contributed by atoms with Crippen molar-refractivity contribution in [1.29, 1.82) is 0 Å². The molecule has 1 aromatic heterocycles. The molecule has 0 aromatic carbocycles. The maximum atomic E-state index is 6.04. The Morgan fingerprint density at radius 3 is 2.62 bits per heavy atom. The molecule has 1 rings (SSSR count). The van der Waals surface area contributed by atoms with E-state index in [-0.39, 0.29) is 6.04 Å². The Morgan fingerprint density at radius 2 is 2.15 bits per heavy atom. The second-order valence-corrected chi connectivity index (χ2v) is 4.16.